The summed E-state index contributed by atoms with van der Waals surface area (Å²) in [5.74, 6) is 0.540. The Balaban J connectivity index is 2.59. The van der Waals surface area contributed by atoms with Gasteiger partial charge in [-0.15, -0.1) is 0 Å². The monoisotopic (exact) mass is 240 g/mol. The number of hydrogen-bond donors (Lipinski definition) is 2. The molecule has 2 aromatic rings. The standard InChI is InChI=1S/C11H13ClN2O2/c1-7(16)5-14-10-3-2-8(12)4-9(10)13-11(14)6-15/h2-4,7,15-16H,5-6H2,1H3. The van der Waals surface area contributed by atoms with E-state index < -0.39 is 6.10 Å². The molecule has 4 nitrogen and oxygen atoms in total. The van der Waals surface area contributed by atoms with E-state index in [0.717, 1.165) is 11.0 Å². The first kappa shape index (κ1) is 11.4. The first-order valence-electron chi connectivity index (χ1n) is 5.05. The molecule has 1 heterocycles. The van der Waals surface area contributed by atoms with Gasteiger partial charge in [0, 0.05) is 5.02 Å². The minimum Gasteiger partial charge on any atom is -0.392 e. The fraction of sp³-hybridized carbons (Fsp3) is 0.364. The van der Waals surface area contributed by atoms with E-state index in [9.17, 15) is 10.2 Å². The van der Waals surface area contributed by atoms with Crippen molar-refractivity contribution in [1.29, 1.82) is 0 Å². The van der Waals surface area contributed by atoms with Crippen molar-refractivity contribution in [1.82, 2.24) is 9.55 Å². The van der Waals surface area contributed by atoms with Crippen molar-refractivity contribution in [2.45, 2.75) is 26.2 Å². The fourth-order valence-corrected chi connectivity index (χ4v) is 1.91. The van der Waals surface area contributed by atoms with Crippen LogP contribution in [0.1, 0.15) is 12.7 Å². The summed E-state index contributed by atoms with van der Waals surface area (Å²) in [6.45, 7) is 1.95. The van der Waals surface area contributed by atoms with Crippen LogP contribution in [0.4, 0.5) is 0 Å². The molecule has 16 heavy (non-hydrogen) atoms. The van der Waals surface area contributed by atoms with Gasteiger partial charge in [-0.1, -0.05) is 11.6 Å². The van der Waals surface area contributed by atoms with Crippen LogP contribution in [-0.2, 0) is 13.2 Å². The molecule has 2 rings (SSSR count). The molecule has 1 unspecified atom stereocenters. The van der Waals surface area contributed by atoms with Crippen LogP contribution in [0.3, 0.4) is 0 Å². The SMILES string of the molecule is CC(O)Cn1c(CO)nc2cc(Cl)ccc21. The topological polar surface area (TPSA) is 58.3 Å². The van der Waals surface area contributed by atoms with Crippen molar-refractivity contribution in [3.8, 4) is 0 Å². The first-order valence-corrected chi connectivity index (χ1v) is 5.43. The van der Waals surface area contributed by atoms with Crippen molar-refractivity contribution >= 4 is 22.6 Å². The molecule has 1 atom stereocenters. The van der Waals surface area contributed by atoms with Crippen LogP contribution in [0.5, 0.6) is 0 Å². The average Bonchev–Trinajstić information content (AvgIpc) is 2.55. The molecule has 0 spiro atoms. The predicted octanol–water partition coefficient (Wildman–Crippen LogP) is 1.56. The van der Waals surface area contributed by atoms with Gasteiger partial charge in [0.2, 0.25) is 0 Å². The summed E-state index contributed by atoms with van der Waals surface area (Å²) in [4.78, 5) is 4.26. The molecule has 0 saturated carbocycles. The highest BCUT2D eigenvalue weighted by atomic mass is 35.5. The van der Waals surface area contributed by atoms with E-state index in [-0.39, 0.29) is 6.61 Å². The predicted molar refractivity (Wildman–Crippen MR) is 62.3 cm³/mol. The lowest BCUT2D eigenvalue weighted by molar-refractivity contribution is 0.170. The van der Waals surface area contributed by atoms with E-state index in [1.807, 2.05) is 6.07 Å². The number of aliphatic hydroxyl groups is 2. The highest BCUT2D eigenvalue weighted by molar-refractivity contribution is 6.31. The van der Waals surface area contributed by atoms with E-state index in [2.05, 4.69) is 4.98 Å². The summed E-state index contributed by atoms with van der Waals surface area (Å²) in [7, 11) is 0. The summed E-state index contributed by atoms with van der Waals surface area (Å²) >= 11 is 5.87. The zero-order chi connectivity index (χ0) is 11.7. The molecule has 2 N–H and O–H groups in total. The van der Waals surface area contributed by atoms with Crippen LogP contribution in [0.25, 0.3) is 11.0 Å². The number of rotatable bonds is 3. The van der Waals surface area contributed by atoms with Crippen LogP contribution in [0.15, 0.2) is 18.2 Å². The minimum absolute atomic E-state index is 0.154. The maximum absolute atomic E-state index is 9.40. The Labute approximate surface area is 98.1 Å². The van der Waals surface area contributed by atoms with E-state index in [1.54, 1.807) is 23.6 Å². The Kier molecular flexibility index (Phi) is 3.14. The zero-order valence-electron chi connectivity index (χ0n) is 8.89. The van der Waals surface area contributed by atoms with Crippen molar-refractivity contribution in [2.75, 3.05) is 0 Å². The first-order chi connectivity index (χ1) is 7.61. The lowest BCUT2D eigenvalue weighted by Gasteiger charge is -2.09. The lowest BCUT2D eigenvalue weighted by atomic mass is 10.3. The van der Waals surface area contributed by atoms with Gasteiger partial charge in [-0.2, -0.15) is 0 Å². The van der Waals surface area contributed by atoms with Gasteiger partial charge in [0.05, 0.1) is 23.7 Å². The maximum Gasteiger partial charge on any atom is 0.135 e. The van der Waals surface area contributed by atoms with Crippen LogP contribution < -0.4 is 0 Å². The van der Waals surface area contributed by atoms with Crippen molar-refractivity contribution in [3.05, 3.63) is 29.0 Å². The number of hydrogen-bond acceptors (Lipinski definition) is 3. The number of aromatic nitrogens is 2. The van der Waals surface area contributed by atoms with E-state index in [4.69, 9.17) is 11.6 Å². The van der Waals surface area contributed by atoms with Crippen LogP contribution >= 0.6 is 11.6 Å². The van der Waals surface area contributed by atoms with Gasteiger partial charge in [-0.25, -0.2) is 4.98 Å². The van der Waals surface area contributed by atoms with Crippen molar-refractivity contribution in [3.63, 3.8) is 0 Å². The van der Waals surface area contributed by atoms with Gasteiger partial charge in [0.15, 0.2) is 0 Å². The fourth-order valence-electron chi connectivity index (χ4n) is 1.74. The van der Waals surface area contributed by atoms with Crippen LogP contribution in [0, 0.1) is 0 Å². The van der Waals surface area contributed by atoms with Gasteiger partial charge in [-0.3, -0.25) is 0 Å². The highest BCUT2D eigenvalue weighted by Gasteiger charge is 2.11. The van der Waals surface area contributed by atoms with Crippen molar-refractivity contribution < 1.29 is 10.2 Å². The Bertz CT molecular complexity index is 508. The third kappa shape index (κ3) is 2.04. The second-order valence-electron chi connectivity index (χ2n) is 3.78. The molecule has 0 fully saturated rings. The normalized spacial score (nSPS) is 13.2. The highest BCUT2D eigenvalue weighted by Crippen LogP contribution is 2.21. The lowest BCUT2D eigenvalue weighted by Crippen LogP contribution is -2.14. The maximum atomic E-state index is 9.40. The Morgan fingerprint density at radius 2 is 2.25 bits per heavy atom. The van der Waals surface area contributed by atoms with Gasteiger partial charge in [-0.05, 0) is 25.1 Å². The molecule has 0 bridgehead atoms. The Morgan fingerprint density at radius 1 is 1.50 bits per heavy atom. The van der Waals surface area contributed by atoms with Crippen molar-refractivity contribution in [2.24, 2.45) is 0 Å². The van der Waals surface area contributed by atoms with Gasteiger partial charge in [0.1, 0.15) is 12.4 Å². The van der Waals surface area contributed by atoms with Gasteiger partial charge in [0.25, 0.3) is 0 Å². The van der Waals surface area contributed by atoms with E-state index >= 15 is 0 Å². The number of halogens is 1. The van der Waals surface area contributed by atoms with E-state index in [0.29, 0.717) is 17.4 Å². The molecule has 0 aliphatic carbocycles. The number of fused-ring (bicyclic) bond motifs is 1. The molecule has 5 heteroatoms. The average molecular weight is 241 g/mol. The third-order valence-electron chi connectivity index (χ3n) is 2.38. The summed E-state index contributed by atoms with van der Waals surface area (Å²) in [5, 5.41) is 19.2. The molecule has 1 aromatic carbocycles. The molecule has 0 radical (unpaired) electrons. The Morgan fingerprint density at radius 3 is 2.88 bits per heavy atom. The molecule has 0 amide bonds. The van der Waals surface area contributed by atoms with Gasteiger partial charge < -0.3 is 14.8 Å². The number of nitrogens with zero attached hydrogens (tertiary/aromatic N) is 2. The van der Waals surface area contributed by atoms with E-state index in [1.165, 1.54) is 0 Å². The quantitative estimate of drug-likeness (QED) is 0.856. The van der Waals surface area contributed by atoms with Crippen LogP contribution in [0.2, 0.25) is 5.02 Å². The molecule has 0 aliphatic rings. The Hall–Kier alpha value is -1.10. The van der Waals surface area contributed by atoms with Gasteiger partial charge >= 0.3 is 0 Å². The molecule has 0 aliphatic heterocycles. The smallest absolute Gasteiger partial charge is 0.135 e. The number of aliphatic hydroxyl groups excluding tert-OH is 2. The molecule has 0 saturated heterocycles. The second kappa shape index (κ2) is 4.41. The number of benzene rings is 1. The number of imidazole rings is 1. The molecule has 86 valence electrons. The zero-order valence-corrected chi connectivity index (χ0v) is 9.65. The molecular weight excluding hydrogens is 228 g/mol. The summed E-state index contributed by atoms with van der Waals surface area (Å²) in [6.07, 6.45) is -0.488. The second-order valence-corrected chi connectivity index (χ2v) is 4.22. The van der Waals surface area contributed by atoms with Crippen LogP contribution in [-0.4, -0.2) is 25.9 Å². The largest absolute Gasteiger partial charge is 0.392 e. The third-order valence-corrected chi connectivity index (χ3v) is 2.61. The summed E-state index contributed by atoms with van der Waals surface area (Å²) in [6, 6.07) is 5.35. The summed E-state index contributed by atoms with van der Waals surface area (Å²) in [5.41, 5.74) is 1.60. The molecule has 1 aromatic heterocycles. The minimum atomic E-state index is -0.488. The molecular formula is C11H13ClN2O2. The summed E-state index contributed by atoms with van der Waals surface area (Å²) < 4.78 is 1.80.